The highest BCUT2D eigenvalue weighted by atomic mass is 32.2. The van der Waals surface area contributed by atoms with Crippen LogP contribution in [0.4, 0.5) is 11.4 Å². The monoisotopic (exact) mass is 988 g/mol. The molecule has 0 spiro atoms. The maximum atomic E-state index is 13.9. The van der Waals surface area contributed by atoms with Crippen LogP contribution in [0, 0.1) is 24.7 Å². The van der Waals surface area contributed by atoms with E-state index in [1.807, 2.05) is 26.0 Å². The molecule has 0 amide bonds. The van der Waals surface area contributed by atoms with Crippen molar-refractivity contribution in [3.05, 3.63) is 119 Å². The molecular weight excluding hydrogens is 925 g/mol. The Morgan fingerprint density at radius 2 is 1.00 bits per heavy atom. The molecule has 6 rings (SSSR count). The lowest BCUT2D eigenvalue weighted by Crippen LogP contribution is -2.42. The van der Waals surface area contributed by atoms with E-state index >= 15 is 0 Å². The van der Waals surface area contributed by atoms with Crippen molar-refractivity contribution in [2.45, 2.75) is 109 Å². The number of ketones is 1. The van der Waals surface area contributed by atoms with Crippen LogP contribution in [-0.4, -0.2) is 86.0 Å². The molecule has 4 aromatic carbocycles. The molecule has 0 aliphatic carbocycles. The fourth-order valence-electron chi connectivity index (χ4n) is 8.78. The van der Waals surface area contributed by atoms with E-state index in [0.29, 0.717) is 31.6 Å². The van der Waals surface area contributed by atoms with Gasteiger partial charge in [0.15, 0.2) is 5.78 Å². The second-order valence-corrected chi connectivity index (χ2v) is 20.8. The van der Waals surface area contributed by atoms with Gasteiger partial charge in [0.05, 0.1) is 53.0 Å². The normalized spacial score (nSPS) is 18.0. The summed E-state index contributed by atoms with van der Waals surface area (Å²) < 4.78 is 77.9. The summed E-state index contributed by atoms with van der Waals surface area (Å²) in [6.07, 6.45) is 1.89. The number of aryl methyl sites for hydroxylation is 2. The van der Waals surface area contributed by atoms with Gasteiger partial charge < -0.3 is 18.9 Å². The van der Waals surface area contributed by atoms with E-state index in [1.165, 1.54) is 26.8 Å². The highest BCUT2D eigenvalue weighted by Gasteiger charge is 2.51. The molecule has 0 fully saturated rings. The third-order valence-electron chi connectivity index (χ3n) is 12.4. The van der Waals surface area contributed by atoms with Crippen molar-refractivity contribution >= 4 is 61.1 Å². The summed E-state index contributed by atoms with van der Waals surface area (Å²) in [5.41, 5.74) is 1.02. The molecule has 17 heteroatoms. The average molecular weight is 989 g/mol. The van der Waals surface area contributed by atoms with Gasteiger partial charge in [-0.15, -0.1) is 0 Å². The zero-order valence-electron chi connectivity index (χ0n) is 40.4. The van der Waals surface area contributed by atoms with Gasteiger partial charge in [0, 0.05) is 31.5 Å². The Labute approximate surface area is 406 Å². The van der Waals surface area contributed by atoms with Crippen LogP contribution in [-0.2, 0) is 64.6 Å². The lowest BCUT2D eigenvalue weighted by molar-refractivity contribution is -0.157. The van der Waals surface area contributed by atoms with Gasteiger partial charge in [-0.25, -0.2) is 16.8 Å². The van der Waals surface area contributed by atoms with Gasteiger partial charge in [0.2, 0.25) is 0 Å². The molecule has 0 N–H and O–H groups in total. The number of ether oxygens (including phenoxy) is 4. The largest absolute Gasteiger partial charge is 0.466 e. The van der Waals surface area contributed by atoms with Gasteiger partial charge in [0.25, 0.3) is 20.0 Å². The summed E-state index contributed by atoms with van der Waals surface area (Å²) >= 11 is 0. The Bertz CT molecular complexity index is 2670. The number of sulfonamides is 2. The van der Waals surface area contributed by atoms with E-state index in [4.69, 9.17) is 18.9 Å². The van der Waals surface area contributed by atoms with Gasteiger partial charge >= 0.3 is 23.9 Å². The number of nitrogens with zero attached hydrogens (tertiary/aromatic N) is 2. The Hall–Kier alpha value is -6.07. The molecule has 2 aliphatic rings. The second-order valence-electron chi connectivity index (χ2n) is 17.1. The second kappa shape index (κ2) is 24.0. The van der Waals surface area contributed by atoms with Crippen LogP contribution >= 0.6 is 0 Å². The minimum atomic E-state index is -4.01. The van der Waals surface area contributed by atoms with E-state index < -0.39 is 48.6 Å². The van der Waals surface area contributed by atoms with Crippen LogP contribution in [0.1, 0.15) is 106 Å². The van der Waals surface area contributed by atoms with Gasteiger partial charge in [-0.2, -0.15) is 0 Å². The summed E-state index contributed by atoms with van der Waals surface area (Å²) in [6.45, 7) is 11.5. The van der Waals surface area contributed by atoms with Gasteiger partial charge in [-0.05, 0) is 135 Å². The number of hydrogen-bond acceptors (Lipinski definition) is 13. The lowest BCUT2D eigenvalue weighted by atomic mass is 9.74. The van der Waals surface area contributed by atoms with E-state index in [9.17, 15) is 40.8 Å². The smallest absolute Gasteiger partial charge is 0.320 e. The minimum absolute atomic E-state index is 0.0370. The quantitative estimate of drug-likeness (QED) is 0.0523. The topological polar surface area (TPSA) is 197 Å². The molecule has 0 radical (unpaired) electrons. The maximum Gasteiger partial charge on any atom is 0.320 e. The molecule has 0 bridgehead atoms. The third kappa shape index (κ3) is 12.6. The van der Waals surface area contributed by atoms with Gasteiger partial charge in [-0.1, -0.05) is 65.7 Å². The fraction of sp³-hybridized carbons (Fsp3) is 0.442. The SMILES string of the molecule is CCOC(=O)CCCC1(C(=O)OCC)CCN(S(=O)(=O)c2ccc(C)cc2)c2ccccc2C1.CCOC(=O)CCCC1(C(=O)OCC)CCN(S(=O)(=O)c2ccc(C)cc2)c2ccccc2C1=O. The van der Waals surface area contributed by atoms with E-state index in [2.05, 4.69) is 0 Å². The summed E-state index contributed by atoms with van der Waals surface area (Å²) in [7, 11) is -7.85. The molecular formula is C52H64N2O13S2. The van der Waals surface area contributed by atoms with Crippen molar-refractivity contribution in [2.24, 2.45) is 10.8 Å². The number of Topliss-reactive ketones (excluding diaryl/α,β-unsaturated/α-hetero) is 1. The first kappa shape index (κ1) is 53.9. The van der Waals surface area contributed by atoms with Crippen molar-refractivity contribution in [1.29, 1.82) is 0 Å². The Kier molecular flexibility index (Phi) is 18.7. The summed E-state index contributed by atoms with van der Waals surface area (Å²) in [5, 5.41) is 0. The van der Waals surface area contributed by atoms with Crippen molar-refractivity contribution < 1.29 is 59.8 Å². The number of carbonyl (C=O) groups excluding carboxylic acids is 5. The minimum Gasteiger partial charge on any atom is -0.466 e. The van der Waals surface area contributed by atoms with Crippen LogP contribution in [0.3, 0.4) is 0 Å². The summed E-state index contributed by atoms with van der Waals surface area (Å²) in [4.78, 5) is 64.4. The standard InChI is InChI=1S/C26H31NO7S.C26H33NO6S/c1-4-33-23(28)11-8-16-26(25(30)34-5-2)17-18-27(22-10-7-6-9-21(22)24(26)29)35(31,32)20-14-12-19(3)13-15-20;1-4-32-24(28)11-8-16-26(25(29)33-5-2)17-18-27(23-10-7-6-9-21(23)19-26)34(30,31)22-14-12-20(3)13-15-22/h6-7,9-10,12-15H,4-5,8,11,16-18H2,1-3H3;6-7,9-10,12-15H,4-5,8,11,16-19H2,1-3H3. The number of esters is 4. The first-order valence-corrected chi connectivity index (χ1v) is 26.3. The number of hydrogen-bond donors (Lipinski definition) is 0. The molecule has 2 atom stereocenters. The van der Waals surface area contributed by atoms with Gasteiger partial charge in [0.1, 0.15) is 5.41 Å². The molecule has 4 aromatic rings. The zero-order chi connectivity index (χ0) is 50.4. The molecule has 69 heavy (non-hydrogen) atoms. The van der Waals surface area contributed by atoms with Crippen molar-refractivity contribution in [1.82, 2.24) is 0 Å². The molecule has 2 heterocycles. The van der Waals surface area contributed by atoms with E-state index in [1.54, 1.807) is 94.4 Å². The molecule has 0 aromatic heterocycles. The number of benzene rings is 4. The predicted molar refractivity (Wildman–Crippen MR) is 261 cm³/mol. The van der Waals surface area contributed by atoms with Crippen LogP contribution in [0.5, 0.6) is 0 Å². The predicted octanol–water partition coefficient (Wildman–Crippen LogP) is 8.48. The number of anilines is 2. The number of rotatable bonds is 18. The van der Waals surface area contributed by atoms with Crippen molar-refractivity contribution in [3.63, 3.8) is 0 Å². The third-order valence-corrected chi connectivity index (χ3v) is 16.1. The lowest BCUT2D eigenvalue weighted by Gasteiger charge is -2.30. The molecule has 15 nitrogen and oxygen atoms in total. The molecule has 372 valence electrons. The van der Waals surface area contributed by atoms with E-state index in [-0.39, 0.29) is 104 Å². The molecule has 2 unspecified atom stereocenters. The Balaban J connectivity index is 0.000000258. The van der Waals surface area contributed by atoms with Crippen LogP contribution in [0.15, 0.2) is 107 Å². The molecule has 0 saturated heterocycles. The fourth-order valence-corrected chi connectivity index (χ4v) is 11.8. The zero-order valence-corrected chi connectivity index (χ0v) is 42.0. The number of para-hydroxylation sites is 2. The number of carbonyl (C=O) groups is 5. The highest BCUT2D eigenvalue weighted by Crippen LogP contribution is 2.44. The first-order chi connectivity index (χ1) is 32.9. The molecule has 2 aliphatic heterocycles. The van der Waals surface area contributed by atoms with Crippen LogP contribution in [0.2, 0.25) is 0 Å². The first-order valence-electron chi connectivity index (χ1n) is 23.5. The van der Waals surface area contributed by atoms with Crippen LogP contribution < -0.4 is 8.61 Å². The Morgan fingerprint density at radius 3 is 1.54 bits per heavy atom. The van der Waals surface area contributed by atoms with E-state index in [0.717, 1.165) is 16.7 Å². The molecule has 0 saturated carbocycles. The Morgan fingerprint density at radius 1 is 0.551 bits per heavy atom. The summed E-state index contributed by atoms with van der Waals surface area (Å²) in [5.74, 6) is -2.30. The number of fused-ring (bicyclic) bond motifs is 2. The highest BCUT2D eigenvalue weighted by molar-refractivity contribution is 7.93. The van der Waals surface area contributed by atoms with Gasteiger partial charge in [-0.3, -0.25) is 32.6 Å². The maximum absolute atomic E-state index is 13.9. The summed E-state index contributed by atoms with van der Waals surface area (Å²) in [6, 6.07) is 26.9. The average Bonchev–Trinajstić information content (AvgIpc) is 3.57. The van der Waals surface area contributed by atoms with Crippen molar-refractivity contribution in [3.8, 4) is 0 Å². The van der Waals surface area contributed by atoms with Crippen molar-refractivity contribution in [2.75, 3.05) is 48.1 Å². The van der Waals surface area contributed by atoms with Crippen LogP contribution in [0.25, 0.3) is 0 Å².